The fourth-order valence-corrected chi connectivity index (χ4v) is 4.22. The quantitative estimate of drug-likeness (QED) is 0.814. The second-order valence-corrected chi connectivity index (χ2v) is 7.75. The van der Waals surface area contributed by atoms with E-state index < -0.39 is 0 Å². The first-order valence-electron chi connectivity index (χ1n) is 8.60. The van der Waals surface area contributed by atoms with E-state index in [9.17, 15) is 4.79 Å². The molecule has 1 unspecified atom stereocenters. The van der Waals surface area contributed by atoms with E-state index in [1.165, 1.54) is 11.1 Å². The van der Waals surface area contributed by atoms with Gasteiger partial charge in [-0.15, -0.1) is 0 Å². The van der Waals surface area contributed by atoms with Gasteiger partial charge in [-0.3, -0.25) is 4.79 Å². The zero-order valence-corrected chi connectivity index (χ0v) is 15.3. The van der Waals surface area contributed by atoms with E-state index in [2.05, 4.69) is 29.6 Å². The molecule has 1 N–H and O–H groups in total. The molecular formula is C21H19Cl2NO. The Balaban J connectivity index is 1.47. The molecule has 0 aromatic heterocycles. The highest BCUT2D eigenvalue weighted by Gasteiger charge is 2.26. The third-order valence-corrected chi connectivity index (χ3v) is 5.84. The molecule has 0 saturated heterocycles. The van der Waals surface area contributed by atoms with Crippen LogP contribution in [0, 0.1) is 0 Å². The van der Waals surface area contributed by atoms with Crippen LogP contribution in [0.15, 0.2) is 54.2 Å². The molecule has 0 heterocycles. The molecule has 0 fully saturated rings. The molecule has 2 aliphatic rings. The predicted octanol–water partition coefficient (Wildman–Crippen LogP) is 5.08. The summed E-state index contributed by atoms with van der Waals surface area (Å²) < 4.78 is 0. The van der Waals surface area contributed by atoms with Crippen molar-refractivity contribution in [3.05, 3.63) is 81.0 Å². The summed E-state index contributed by atoms with van der Waals surface area (Å²) in [4.78, 5) is 12.2. The normalized spacial score (nSPS) is 20.3. The monoisotopic (exact) mass is 371 g/mol. The maximum Gasteiger partial charge on any atom is 0.158 e. The summed E-state index contributed by atoms with van der Waals surface area (Å²) in [5.41, 5.74) is 4.92. The molecule has 0 bridgehead atoms. The first kappa shape index (κ1) is 16.7. The van der Waals surface area contributed by atoms with Gasteiger partial charge in [0.05, 0.1) is 10.0 Å². The highest BCUT2D eigenvalue weighted by Crippen LogP contribution is 2.34. The van der Waals surface area contributed by atoms with E-state index in [4.69, 9.17) is 23.2 Å². The zero-order valence-electron chi connectivity index (χ0n) is 13.8. The van der Waals surface area contributed by atoms with Crippen molar-refractivity contribution < 1.29 is 4.79 Å². The largest absolute Gasteiger partial charge is 0.385 e. The van der Waals surface area contributed by atoms with Crippen LogP contribution in [0.25, 0.3) is 0 Å². The molecule has 2 aliphatic carbocycles. The number of fused-ring (bicyclic) bond motifs is 1. The molecule has 2 aromatic carbocycles. The number of hydrogen-bond acceptors (Lipinski definition) is 2. The third kappa shape index (κ3) is 3.61. The Bertz CT molecular complexity index is 834. The van der Waals surface area contributed by atoms with Crippen molar-refractivity contribution in [2.24, 2.45) is 0 Å². The second-order valence-electron chi connectivity index (χ2n) is 6.93. The average molecular weight is 372 g/mol. The summed E-state index contributed by atoms with van der Waals surface area (Å²) in [7, 11) is 0. The number of hydrogen-bond donors (Lipinski definition) is 1. The van der Waals surface area contributed by atoms with Gasteiger partial charge < -0.3 is 5.32 Å². The molecule has 128 valence electrons. The minimum absolute atomic E-state index is 0.151. The Morgan fingerprint density at radius 3 is 2.28 bits per heavy atom. The molecule has 0 radical (unpaired) electrons. The fourth-order valence-electron chi connectivity index (χ4n) is 3.92. The van der Waals surface area contributed by atoms with Crippen molar-refractivity contribution in [3.63, 3.8) is 0 Å². The van der Waals surface area contributed by atoms with Crippen molar-refractivity contribution in [1.29, 1.82) is 0 Å². The van der Waals surface area contributed by atoms with Gasteiger partial charge in [-0.25, -0.2) is 0 Å². The molecule has 1 atom stereocenters. The summed E-state index contributed by atoms with van der Waals surface area (Å²) >= 11 is 12.2. The Hall–Kier alpha value is -1.77. The topological polar surface area (TPSA) is 29.1 Å². The lowest BCUT2D eigenvalue weighted by Gasteiger charge is -2.26. The van der Waals surface area contributed by atoms with E-state index in [0.29, 0.717) is 22.5 Å². The molecule has 25 heavy (non-hydrogen) atoms. The minimum Gasteiger partial charge on any atom is -0.385 e. The van der Waals surface area contributed by atoms with Crippen LogP contribution in [-0.4, -0.2) is 11.8 Å². The number of carbonyl (C=O) groups is 1. The number of halogens is 2. The summed E-state index contributed by atoms with van der Waals surface area (Å²) in [6, 6.07) is 14.6. The molecule has 0 spiro atoms. The van der Waals surface area contributed by atoms with Crippen molar-refractivity contribution in [3.8, 4) is 0 Å². The van der Waals surface area contributed by atoms with Crippen LogP contribution in [0.4, 0.5) is 0 Å². The van der Waals surface area contributed by atoms with Crippen LogP contribution in [0.3, 0.4) is 0 Å². The van der Waals surface area contributed by atoms with E-state index >= 15 is 0 Å². The molecule has 0 amide bonds. The minimum atomic E-state index is 0.151. The van der Waals surface area contributed by atoms with Gasteiger partial charge in [-0.1, -0.05) is 53.5 Å². The van der Waals surface area contributed by atoms with E-state index in [1.807, 2.05) is 18.2 Å². The number of allylic oxidation sites excluding steroid dienone is 2. The van der Waals surface area contributed by atoms with E-state index in [1.54, 1.807) is 6.08 Å². The highest BCUT2D eigenvalue weighted by atomic mass is 35.5. The Morgan fingerprint density at radius 1 is 0.880 bits per heavy atom. The molecule has 4 rings (SSSR count). The number of benzene rings is 2. The van der Waals surface area contributed by atoms with Gasteiger partial charge in [0.2, 0.25) is 0 Å². The Morgan fingerprint density at radius 2 is 1.60 bits per heavy atom. The third-order valence-electron chi connectivity index (χ3n) is 5.10. The standard InChI is InChI=1S/C21H19Cl2NO/c22-20-6-5-15(11-21(20)23)16-9-18(12-19(25)10-16)24-17-7-13-3-1-2-4-14(13)8-17/h1-6,11-12,16-17,24H,7-10H2. The summed E-state index contributed by atoms with van der Waals surface area (Å²) in [5.74, 6) is 0.318. The number of nitrogens with one attached hydrogen (secondary N) is 1. The van der Waals surface area contributed by atoms with E-state index in [0.717, 1.165) is 30.5 Å². The fraction of sp³-hybridized carbons (Fsp3) is 0.286. The lowest BCUT2D eigenvalue weighted by molar-refractivity contribution is -0.115. The Kier molecular flexibility index (Phi) is 4.58. The maximum atomic E-state index is 12.2. The predicted molar refractivity (Wildman–Crippen MR) is 102 cm³/mol. The lowest BCUT2D eigenvalue weighted by atomic mass is 9.85. The summed E-state index contributed by atoms with van der Waals surface area (Å²) in [6.45, 7) is 0. The van der Waals surface area contributed by atoms with Gasteiger partial charge in [0.25, 0.3) is 0 Å². The summed E-state index contributed by atoms with van der Waals surface area (Å²) in [6.07, 6.45) is 5.15. The molecule has 4 heteroatoms. The van der Waals surface area contributed by atoms with Crippen LogP contribution in [-0.2, 0) is 17.6 Å². The first-order valence-corrected chi connectivity index (χ1v) is 9.36. The molecule has 2 aromatic rings. The lowest BCUT2D eigenvalue weighted by Crippen LogP contribution is -2.32. The van der Waals surface area contributed by atoms with Crippen LogP contribution in [0.5, 0.6) is 0 Å². The average Bonchev–Trinajstić information content (AvgIpc) is 2.99. The van der Waals surface area contributed by atoms with Gasteiger partial charge in [0.15, 0.2) is 5.78 Å². The van der Waals surface area contributed by atoms with Crippen molar-refractivity contribution >= 4 is 29.0 Å². The number of rotatable bonds is 3. The van der Waals surface area contributed by atoms with E-state index in [-0.39, 0.29) is 11.7 Å². The maximum absolute atomic E-state index is 12.2. The van der Waals surface area contributed by atoms with Gasteiger partial charge in [0.1, 0.15) is 0 Å². The SMILES string of the molecule is O=C1C=C(NC2Cc3ccccc3C2)CC(c2ccc(Cl)c(Cl)c2)C1. The van der Waals surface area contributed by atoms with Gasteiger partial charge >= 0.3 is 0 Å². The van der Waals surface area contributed by atoms with Crippen molar-refractivity contribution in [2.45, 2.75) is 37.6 Å². The smallest absolute Gasteiger partial charge is 0.158 e. The molecule has 0 saturated carbocycles. The van der Waals surface area contributed by atoms with Crippen molar-refractivity contribution in [1.82, 2.24) is 5.32 Å². The van der Waals surface area contributed by atoms with Gasteiger partial charge in [0, 0.05) is 24.2 Å². The Labute approximate surface area is 157 Å². The van der Waals surface area contributed by atoms with Crippen LogP contribution in [0.1, 0.15) is 35.4 Å². The highest BCUT2D eigenvalue weighted by molar-refractivity contribution is 6.42. The van der Waals surface area contributed by atoms with Gasteiger partial charge in [-0.2, -0.15) is 0 Å². The first-order chi connectivity index (χ1) is 12.1. The zero-order chi connectivity index (χ0) is 17.4. The summed E-state index contributed by atoms with van der Waals surface area (Å²) in [5, 5.41) is 4.69. The second kappa shape index (κ2) is 6.86. The molecule has 0 aliphatic heterocycles. The van der Waals surface area contributed by atoms with Crippen molar-refractivity contribution in [2.75, 3.05) is 0 Å². The molecule has 2 nitrogen and oxygen atoms in total. The van der Waals surface area contributed by atoms with Gasteiger partial charge in [-0.05, 0) is 54.0 Å². The number of carbonyl (C=O) groups excluding carboxylic acids is 1. The number of ketones is 1. The molecular weight excluding hydrogens is 353 g/mol. The van der Waals surface area contributed by atoms with Crippen LogP contribution >= 0.6 is 23.2 Å². The van der Waals surface area contributed by atoms with Crippen LogP contribution < -0.4 is 5.32 Å². The van der Waals surface area contributed by atoms with Crippen LogP contribution in [0.2, 0.25) is 10.0 Å².